The molecule has 0 radical (unpaired) electrons. The van der Waals surface area contributed by atoms with Crippen molar-refractivity contribution in [3.63, 3.8) is 0 Å². The fourth-order valence-electron chi connectivity index (χ4n) is 1.78. The highest BCUT2D eigenvalue weighted by Gasteiger charge is 2.07. The molecule has 1 unspecified atom stereocenters. The van der Waals surface area contributed by atoms with Crippen LogP contribution < -0.4 is 0 Å². The van der Waals surface area contributed by atoms with E-state index >= 15 is 0 Å². The molecule has 0 spiro atoms. The van der Waals surface area contributed by atoms with E-state index in [2.05, 4.69) is 10.5 Å². The number of hydrogen-bond donors (Lipinski definition) is 0. The molecular weight excluding hydrogens is 236 g/mol. The number of benzene rings is 1. The average molecular weight is 250 g/mol. The summed E-state index contributed by atoms with van der Waals surface area (Å²) in [5.74, 6) is 0.845. The van der Waals surface area contributed by atoms with Gasteiger partial charge in [0.25, 0.3) is 0 Å². The molecule has 2 aromatic rings. The van der Waals surface area contributed by atoms with Gasteiger partial charge in [0.15, 0.2) is 0 Å². The molecule has 1 aromatic carbocycles. The molecule has 1 heterocycles. The van der Waals surface area contributed by atoms with Crippen molar-refractivity contribution < 1.29 is 4.52 Å². The maximum Gasteiger partial charge on any atom is 0.135 e. The minimum Gasteiger partial charge on any atom is -0.658 e. The van der Waals surface area contributed by atoms with Gasteiger partial charge in [-0.25, -0.2) is 0 Å². The summed E-state index contributed by atoms with van der Waals surface area (Å²) in [6.07, 6.45) is 0.706. The Hall–Kier alpha value is -1.32. The van der Waals surface area contributed by atoms with Gasteiger partial charge in [-0.1, -0.05) is 34.5 Å². The number of halogens is 1. The number of aromatic nitrogens is 1. The fourth-order valence-corrected chi connectivity index (χ4v) is 1.97. The average Bonchev–Trinajstić information content (AvgIpc) is 2.72. The number of aryl methyl sites for hydroxylation is 1. The lowest BCUT2D eigenvalue weighted by molar-refractivity contribution is 0.375. The van der Waals surface area contributed by atoms with E-state index in [1.54, 1.807) is 7.05 Å². The first-order valence-corrected chi connectivity index (χ1v) is 5.83. The molecule has 0 saturated carbocycles. The van der Waals surface area contributed by atoms with Gasteiger partial charge in [0, 0.05) is 11.1 Å². The van der Waals surface area contributed by atoms with Gasteiger partial charge in [-0.15, -0.1) is 6.04 Å². The van der Waals surface area contributed by atoms with Crippen LogP contribution in [-0.4, -0.2) is 12.2 Å². The Labute approximate surface area is 106 Å². The van der Waals surface area contributed by atoms with Crippen LogP contribution in [0.15, 0.2) is 34.9 Å². The van der Waals surface area contributed by atoms with Crippen LogP contribution in [0.3, 0.4) is 0 Å². The van der Waals surface area contributed by atoms with E-state index in [1.165, 1.54) is 0 Å². The molecule has 90 valence electrons. The van der Waals surface area contributed by atoms with Gasteiger partial charge < -0.3 is 9.84 Å². The zero-order valence-corrected chi connectivity index (χ0v) is 10.6. The molecular formula is C13H14ClN2O-. The Kier molecular flexibility index (Phi) is 3.82. The topological polar surface area (TPSA) is 40.1 Å². The van der Waals surface area contributed by atoms with Gasteiger partial charge in [-0.2, -0.15) is 7.05 Å². The van der Waals surface area contributed by atoms with Crippen molar-refractivity contribution in [3.8, 4) is 0 Å². The summed E-state index contributed by atoms with van der Waals surface area (Å²) < 4.78 is 5.21. The summed E-state index contributed by atoms with van der Waals surface area (Å²) in [5.41, 5.74) is 1.98. The van der Waals surface area contributed by atoms with Gasteiger partial charge in [0.1, 0.15) is 5.76 Å². The van der Waals surface area contributed by atoms with Crippen molar-refractivity contribution in [1.29, 1.82) is 0 Å². The second-order valence-corrected chi connectivity index (χ2v) is 4.40. The van der Waals surface area contributed by atoms with Crippen LogP contribution in [0, 0.1) is 6.92 Å². The molecule has 4 heteroatoms. The Morgan fingerprint density at radius 1 is 1.41 bits per heavy atom. The lowest BCUT2D eigenvalue weighted by Gasteiger charge is -2.27. The molecule has 0 aliphatic carbocycles. The van der Waals surface area contributed by atoms with Crippen molar-refractivity contribution in [2.45, 2.75) is 19.4 Å². The van der Waals surface area contributed by atoms with Crippen molar-refractivity contribution in [3.05, 3.63) is 57.7 Å². The monoisotopic (exact) mass is 249 g/mol. The summed E-state index contributed by atoms with van der Waals surface area (Å²) in [4.78, 5) is 0. The highest BCUT2D eigenvalue weighted by molar-refractivity contribution is 6.30. The first-order chi connectivity index (χ1) is 8.19. The second kappa shape index (κ2) is 5.34. The van der Waals surface area contributed by atoms with Gasteiger partial charge in [-0.05, 0) is 25.5 Å². The molecule has 0 aliphatic heterocycles. The molecule has 0 N–H and O–H groups in total. The van der Waals surface area contributed by atoms with Gasteiger partial charge in [0.05, 0.1) is 5.69 Å². The highest BCUT2D eigenvalue weighted by atomic mass is 35.5. The molecule has 2 rings (SSSR count). The molecule has 0 bridgehead atoms. The predicted molar refractivity (Wildman–Crippen MR) is 68.4 cm³/mol. The van der Waals surface area contributed by atoms with Crippen LogP contribution in [0.25, 0.3) is 5.32 Å². The van der Waals surface area contributed by atoms with Crippen LogP contribution in [0.1, 0.15) is 23.1 Å². The van der Waals surface area contributed by atoms with Gasteiger partial charge in [-0.3, -0.25) is 0 Å². The van der Waals surface area contributed by atoms with Crippen molar-refractivity contribution in [2.24, 2.45) is 0 Å². The maximum atomic E-state index is 5.98. The molecule has 0 fully saturated rings. The molecule has 0 aliphatic rings. The Morgan fingerprint density at radius 2 is 2.24 bits per heavy atom. The molecule has 1 atom stereocenters. The van der Waals surface area contributed by atoms with E-state index in [4.69, 9.17) is 16.1 Å². The van der Waals surface area contributed by atoms with Crippen molar-refractivity contribution >= 4 is 11.6 Å². The SMILES string of the molecule is C[N-]C(Cc1cc(C)no1)c1cccc(Cl)c1. The highest BCUT2D eigenvalue weighted by Crippen LogP contribution is 2.27. The van der Waals surface area contributed by atoms with Crippen molar-refractivity contribution in [1.82, 2.24) is 5.16 Å². The molecule has 1 aromatic heterocycles. The lowest BCUT2D eigenvalue weighted by atomic mass is 10.0. The zero-order valence-electron chi connectivity index (χ0n) is 9.85. The van der Waals surface area contributed by atoms with Gasteiger partial charge in [0.2, 0.25) is 0 Å². The minimum absolute atomic E-state index is 0.0565. The predicted octanol–water partition coefficient (Wildman–Crippen LogP) is 3.92. The van der Waals surface area contributed by atoms with Crippen LogP contribution >= 0.6 is 11.6 Å². The fraction of sp³-hybridized carbons (Fsp3) is 0.308. The third-order valence-corrected chi connectivity index (χ3v) is 2.85. The summed E-state index contributed by atoms with van der Waals surface area (Å²) in [6.45, 7) is 1.91. The summed E-state index contributed by atoms with van der Waals surface area (Å²) in [7, 11) is 1.80. The van der Waals surface area contributed by atoms with Crippen LogP contribution in [0.2, 0.25) is 5.02 Å². The smallest absolute Gasteiger partial charge is 0.135 e. The Balaban J connectivity index is 2.16. The molecule has 0 saturated heterocycles. The Morgan fingerprint density at radius 3 is 2.82 bits per heavy atom. The first kappa shape index (κ1) is 12.1. The van der Waals surface area contributed by atoms with Crippen LogP contribution in [-0.2, 0) is 6.42 Å². The number of hydrogen-bond acceptors (Lipinski definition) is 2. The lowest BCUT2D eigenvalue weighted by Crippen LogP contribution is -2.00. The quantitative estimate of drug-likeness (QED) is 0.824. The standard InChI is InChI=1S/C13H14ClN2O/c1-9-6-12(17-16-9)8-13(15-2)10-4-3-5-11(14)7-10/h3-7,13H,8H2,1-2H3/q-1. The minimum atomic E-state index is 0.0565. The van der Waals surface area contributed by atoms with Crippen molar-refractivity contribution in [2.75, 3.05) is 7.05 Å². The van der Waals surface area contributed by atoms with E-state index in [0.717, 1.165) is 22.0 Å². The van der Waals surface area contributed by atoms with E-state index in [1.807, 2.05) is 37.3 Å². The number of rotatable bonds is 4. The third-order valence-electron chi connectivity index (χ3n) is 2.62. The zero-order chi connectivity index (χ0) is 12.3. The van der Waals surface area contributed by atoms with E-state index in [0.29, 0.717) is 6.42 Å². The van der Waals surface area contributed by atoms with E-state index in [-0.39, 0.29) is 6.04 Å². The molecule has 0 amide bonds. The summed E-state index contributed by atoms with van der Waals surface area (Å²) in [6, 6.07) is 9.73. The van der Waals surface area contributed by atoms with E-state index in [9.17, 15) is 0 Å². The largest absolute Gasteiger partial charge is 0.658 e. The van der Waals surface area contributed by atoms with Crippen LogP contribution in [0.5, 0.6) is 0 Å². The summed E-state index contributed by atoms with van der Waals surface area (Å²) in [5, 5.41) is 8.96. The third kappa shape index (κ3) is 3.08. The second-order valence-electron chi connectivity index (χ2n) is 3.97. The van der Waals surface area contributed by atoms with Crippen LogP contribution in [0.4, 0.5) is 0 Å². The molecule has 17 heavy (non-hydrogen) atoms. The normalized spacial score (nSPS) is 12.6. The maximum absolute atomic E-state index is 5.98. The number of nitrogens with zero attached hydrogens (tertiary/aromatic N) is 2. The van der Waals surface area contributed by atoms with E-state index < -0.39 is 0 Å². The number of likely N-dealkylation sites (N-methyl/N-ethyl adjacent to an activating group) is 1. The molecule has 3 nitrogen and oxygen atoms in total. The Bertz CT molecular complexity index is 496. The first-order valence-electron chi connectivity index (χ1n) is 5.45. The summed E-state index contributed by atoms with van der Waals surface area (Å²) >= 11 is 5.98. The van der Waals surface area contributed by atoms with Gasteiger partial charge >= 0.3 is 0 Å².